The molecule has 0 amide bonds. The Morgan fingerprint density at radius 2 is 1.83 bits per heavy atom. The first-order valence-electron chi connectivity index (χ1n) is 8.51. The Bertz CT molecular complexity index is 327. The number of guanidine groups is 1. The van der Waals surface area contributed by atoms with Gasteiger partial charge >= 0.3 is 0 Å². The summed E-state index contributed by atoms with van der Waals surface area (Å²) in [4.78, 5) is 7.15. The topological polar surface area (TPSA) is 60.9 Å². The molecule has 1 fully saturated rings. The van der Waals surface area contributed by atoms with Crippen LogP contribution >= 0.6 is 24.0 Å². The van der Waals surface area contributed by atoms with Crippen LogP contribution in [0.1, 0.15) is 34.6 Å². The average molecular weight is 441 g/mol. The van der Waals surface area contributed by atoms with Gasteiger partial charge in [-0.2, -0.15) is 0 Å². The molecule has 1 atom stereocenters. The Morgan fingerprint density at radius 1 is 1.17 bits per heavy atom. The van der Waals surface area contributed by atoms with Crippen molar-refractivity contribution in [1.29, 1.82) is 0 Å². The largest absolute Gasteiger partial charge is 0.379 e. The first kappa shape index (κ1) is 22.9. The van der Waals surface area contributed by atoms with Crippen molar-refractivity contribution in [1.82, 2.24) is 20.9 Å². The Morgan fingerprint density at radius 3 is 2.39 bits per heavy atom. The number of hydrogen-bond donors (Lipinski definition) is 3. The van der Waals surface area contributed by atoms with Gasteiger partial charge in [-0.25, -0.2) is 0 Å². The quantitative estimate of drug-likeness (QED) is 0.241. The summed E-state index contributed by atoms with van der Waals surface area (Å²) in [7, 11) is 0. The predicted molar refractivity (Wildman–Crippen MR) is 109 cm³/mol. The number of morpholine rings is 1. The summed E-state index contributed by atoms with van der Waals surface area (Å²) in [6, 6.07) is 0.451. The normalized spacial score (nSPS) is 18.2. The number of hydrogen-bond acceptors (Lipinski definition) is 4. The van der Waals surface area contributed by atoms with Gasteiger partial charge < -0.3 is 20.7 Å². The van der Waals surface area contributed by atoms with Crippen LogP contribution in [0.5, 0.6) is 0 Å². The van der Waals surface area contributed by atoms with Gasteiger partial charge in [-0.1, -0.05) is 0 Å². The SMILES string of the molecule is CCNC(=NCC(C)N1CCOCC1)NCCNC(C)(C)C.I. The molecule has 6 nitrogen and oxygen atoms in total. The number of halogens is 1. The molecule has 7 heteroatoms. The molecule has 0 bridgehead atoms. The molecule has 1 aliphatic heterocycles. The molecule has 1 unspecified atom stereocenters. The van der Waals surface area contributed by atoms with Crippen molar-refractivity contribution in [3.05, 3.63) is 0 Å². The Labute approximate surface area is 159 Å². The van der Waals surface area contributed by atoms with Crippen molar-refractivity contribution in [2.24, 2.45) is 4.99 Å². The molecule has 3 N–H and O–H groups in total. The number of nitrogens with one attached hydrogen (secondary N) is 3. The zero-order valence-electron chi connectivity index (χ0n) is 15.4. The van der Waals surface area contributed by atoms with Gasteiger partial charge in [0.1, 0.15) is 0 Å². The van der Waals surface area contributed by atoms with Gasteiger partial charge in [-0.15, -0.1) is 24.0 Å². The van der Waals surface area contributed by atoms with Crippen LogP contribution in [0.15, 0.2) is 4.99 Å². The zero-order valence-corrected chi connectivity index (χ0v) is 17.8. The number of aliphatic imine (C=N–C) groups is 1. The fourth-order valence-corrected chi connectivity index (χ4v) is 2.32. The van der Waals surface area contributed by atoms with Crippen molar-refractivity contribution in [3.8, 4) is 0 Å². The van der Waals surface area contributed by atoms with Crippen molar-refractivity contribution >= 4 is 29.9 Å². The Hall–Kier alpha value is -0.120. The summed E-state index contributed by atoms with van der Waals surface area (Å²) >= 11 is 0. The second kappa shape index (κ2) is 12.3. The van der Waals surface area contributed by atoms with E-state index in [1.165, 1.54) is 0 Å². The Kier molecular flexibility index (Phi) is 12.2. The van der Waals surface area contributed by atoms with Crippen LogP contribution in [0.25, 0.3) is 0 Å². The average Bonchev–Trinajstić information content (AvgIpc) is 2.48. The van der Waals surface area contributed by atoms with Gasteiger partial charge in [0.15, 0.2) is 5.96 Å². The summed E-state index contributed by atoms with van der Waals surface area (Å²) in [6.45, 7) is 18.0. The fourth-order valence-electron chi connectivity index (χ4n) is 2.32. The summed E-state index contributed by atoms with van der Waals surface area (Å²) in [5.41, 5.74) is 0.155. The highest BCUT2D eigenvalue weighted by molar-refractivity contribution is 14.0. The molecule has 0 spiro atoms. The lowest BCUT2D eigenvalue weighted by atomic mass is 10.1. The highest BCUT2D eigenvalue weighted by Crippen LogP contribution is 2.03. The van der Waals surface area contributed by atoms with E-state index in [0.717, 1.165) is 58.4 Å². The lowest BCUT2D eigenvalue weighted by Gasteiger charge is -2.31. The molecule has 1 aliphatic rings. The van der Waals surface area contributed by atoms with Gasteiger partial charge in [0.2, 0.25) is 0 Å². The molecular weight excluding hydrogens is 405 g/mol. The molecule has 1 saturated heterocycles. The maximum Gasteiger partial charge on any atom is 0.191 e. The van der Waals surface area contributed by atoms with E-state index in [9.17, 15) is 0 Å². The minimum Gasteiger partial charge on any atom is -0.379 e. The van der Waals surface area contributed by atoms with E-state index in [0.29, 0.717) is 6.04 Å². The van der Waals surface area contributed by atoms with Crippen LogP contribution in [0.2, 0.25) is 0 Å². The number of rotatable bonds is 7. The number of ether oxygens (including phenoxy) is 1. The molecule has 1 heterocycles. The molecule has 0 radical (unpaired) electrons. The molecule has 138 valence electrons. The molecule has 1 rings (SSSR count). The maximum absolute atomic E-state index is 5.40. The second-order valence-electron chi connectivity index (χ2n) is 6.82. The summed E-state index contributed by atoms with van der Waals surface area (Å²) in [5.74, 6) is 0.901. The smallest absolute Gasteiger partial charge is 0.191 e. The van der Waals surface area contributed by atoms with Crippen LogP contribution < -0.4 is 16.0 Å². The van der Waals surface area contributed by atoms with E-state index < -0.39 is 0 Å². The van der Waals surface area contributed by atoms with Gasteiger partial charge in [0.05, 0.1) is 19.8 Å². The summed E-state index contributed by atoms with van der Waals surface area (Å²) in [5, 5.41) is 10.2. The minimum absolute atomic E-state index is 0. The monoisotopic (exact) mass is 441 g/mol. The molecule has 0 aromatic rings. The van der Waals surface area contributed by atoms with Crippen molar-refractivity contribution in [2.75, 3.05) is 52.5 Å². The molecule has 0 aromatic carbocycles. The lowest BCUT2D eigenvalue weighted by molar-refractivity contribution is 0.0220. The van der Waals surface area contributed by atoms with Crippen LogP contribution in [0, 0.1) is 0 Å². The van der Waals surface area contributed by atoms with E-state index in [2.05, 4.69) is 55.5 Å². The second-order valence-corrected chi connectivity index (χ2v) is 6.82. The molecule has 0 aromatic heterocycles. The van der Waals surface area contributed by atoms with Gasteiger partial charge in [0.25, 0.3) is 0 Å². The van der Waals surface area contributed by atoms with Crippen molar-refractivity contribution in [2.45, 2.75) is 46.2 Å². The third kappa shape index (κ3) is 11.1. The third-order valence-electron chi connectivity index (χ3n) is 3.60. The Balaban J connectivity index is 0.00000484. The maximum atomic E-state index is 5.40. The van der Waals surface area contributed by atoms with Crippen molar-refractivity contribution in [3.63, 3.8) is 0 Å². The molecule has 23 heavy (non-hydrogen) atoms. The zero-order chi connectivity index (χ0) is 16.4. The van der Waals surface area contributed by atoms with Crippen molar-refractivity contribution < 1.29 is 4.74 Å². The van der Waals surface area contributed by atoms with E-state index >= 15 is 0 Å². The highest BCUT2D eigenvalue weighted by atomic mass is 127. The fraction of sp³-hybridized carbons (Fsp3) is 0.938. The third-order valence-corrected chi connectivity index (χ3v) is 3.60. The highest BCUT2D eigenvalue weighted by Gasteiger charge is 2.16. The number of nitrogens with zero attached hydrogens (tertiary/aromatic N) is 2. The van der Waals surface area contributed by atoms with Gasteiger partial charge in [0, 0.05) is 44.3 Å². The first-order valence-corrected chi connectivity index (χ1v) is 8.51. The van der Waals surface area contributed by atoms with Crippen LogP contribution in [0.4, 0.5) is 0 Å². The van der Waals surface area contributed by atoms with E-state index in [4.69, 9.17) is 9.73 Å². The standard InChI is InChI=1S/C16H35N5O.HI/c1-6-17-15(18-7-8-20-16(3,4)5)19-13-14(2)21-9-11-22-12-10-21;/h14,20H,6-13H2,1-5H3,(H2,17,18,19);1H. The van der Waals surface area contributed by atoms with E-state index in [1.54, 1.807) is 0 Å². The summed E-state index contributed by atoms with van der Waals surface area (Å²) in [6.07, 6.45) is 0. The van der Waals surface area contributed by atoms with Crippen LogP contribution in [-0.2, 0) is 4.74 Å². The van der Waals surface area contributed by atoms with Crippen LogP contribution in [0.3, 0.4) is 0 Å². The molecule has 0 saturated carbocycles. The minimum atomic E-state index is 0. The lowest BCUT2D eigenvalue weighted by Crippen LogP contribution is -2.46. The van der Waals surface area contributed by atoms with E-state index in [1.807, 2.05) is 0 Å². The molecular formula is C16H36IN5O. The van der Waals surface area contributed by atoms with Gasteiger partial charge in [-0.3, -0.25) is 9.89 Å². The predicted octanol–water partition coefficient (Wildman–Crippen LogP) is 1.27. The molecule has 0 aliphatic carbocycles. The van der Waals surface area contributed by atoms with E-state index in [-0.39, 0.29) is 29.5 Å². The first-order chi connectivity index (χ1) is 10.4. The van der Waals surface area contributed by atoms with Crippen LogP contribution in [-0.4, -0.2) is 74.9 Å². The summed E-state index contributed by atoms with van der Waals surface area (Å²) < 4.78 is 5.40. The van der Waals surface area contributed by atoms with Gasteiger partial charge in [-0.05, 0) is 34.6 Å².